The number of amides is 1. The Bertz CT molecular complexity index is 869. The van der Waals surface area contributed by atoms with Crippen molar-refractivity contribution in [2.45, 2.75) is 32.1 Å². The van der Waals surface area contributed by atoms with E-state index in [-0.39, 0.29) is 23.6 Å². The van der Waals surface area contributed by atoms with Crippen LogP contribution in [0.3, 0.4) is 0 Å². The number of carbonyl (C=O) groups excluding carboxylic acids is 1. The van der Waals surface area contributed by atoms with E-state index in [9.17, 15) is 13.6 Å². The summed E-state index contributed by atoms with van der Waals surface area (Å²) in [5.41, 5.74) is -0.000833. The van der Waals surface area contributed by atoms with Gasteiger partial charge in [-0.05, 0) is 12.1 Å². The van der Waals surface area contributed by atoms with E-state index in [1.54, 1.807) is 36.4 Å². The molecular formula is C20H20F2N4O2. The fourth-order valence-electron chi connectivity index (χ4n) is 1.73. The molecule has 0 unspecified atom stereocenters. The minimum Gasteiger partial charge on any atom is -0.438 e. The molecular weight excluding hydrogens is 366 g/mol. The van der Waals surface area contributed by atoms with E-state index in [1.165, 1.54) is 19.3 Å². The predicted octanol–water partition coefficient (Wildman–Crippen LogP) is 4.36. The molecule has 1 aromatic heterocycles. The first kappa shape index (κ1) is 21.0. The first-order chi connectivity index (χ1) is 13.3. The van der Waals surface area contributed by atoms with Gasteiger partial charge in [-0.2, -0.15) is 19.0 Å². The molecule has 8 heteroatoms. The van der Waals surface area contributed by atoms with Crippen LogP contribution in [-0.4, -0.2) is 22.4 Å². The first-order valence-corrected chi connectivity index (χ1v) is 8.65. The van der Waals surface area contributed by atoms with Crippen molar-refractivity contribution < 1.29 is 18.3 Å². The SMILES string of the molecule is C1CC1.C=C(C#N)CNC(=O)c1cnc(C(C)(F)F)nc1Oc1ccccc1. The first-order valence-electron chi connectivity index (χ1n) is 8.65. The molecule has 0 bridgehead atoms. The Morgan fingerprint density at radius 1 is 1.32 bits per heavy atom. The van der Waals surface area contributed by atoms with Gasteiger partial charge in [-0.1, -0.05) is 44.0 Å². The minimum absolute atomic E-state index is 0.0915. The fraction of sp³-hybridized carbons (Fsp3) is 0.300. The van der Waals surface area contributed by atoms with Crippen LogP contribution >= 0.6 is 0 Å². The normalized spacial score (nSPS) is 12.1. The summed E-state index contributed by atoms with van der Waals surface area (Å²) in [5.74, 6) is -4.72. The van der Waals surface area contributed by atoms with Crippen LogP contribution in [0.25, 0.3) is 0 Å². The molecule has 0 saturated heterocycles. The number of rotatable bonds is 6. The van der Waals surface area contributed by atoms with E-state index >= 15 is 0 Å². The van der Waals surface area contributed by atoms with Gasteiger partial charge >= 0.3 is 5.92 Å². The standard InChI is InChI=1S/C17H14F2N4O2.C3H6/c1-11(8-20)9-21-14(24)13-10-22-16(17(2,18)19)23-15(13)25-12-6-4-3-5-7-12;1-2-3-1/h3-7,10H,1,9H2,2H3,(H,21,24);1-3H2. The number of nitriles is 1. The molecule has 6 nitrogen and oxygen atoms in total. The van der Waals surface area contributed by atoms with Crippen LogP contribution in [0, 0.1) is 11.3 Å². The fourth-order valence-corrected chi connectivity index (χ4v) is 1.73. The van der Waals surface area contributed by atoms with E-state index in [0.717, 1.165) is 6.20 Å². The molecule has 1 N–H and O–H groups in total. The van der Waals surface area contributed by atoms with Crippen molar-refractivity contribution >= 4 is 5.91 Å². The lowest BCUT2D eigenvalue weighted by atomic mass is 10.2. The van der Waals surface area contributed by atoms with Crippen molar-refractivity contribution in [1.82, 2.24) is 15.3 Å². The summed E-state index contributed by atoms with van der Waals surface area (Å²) in [6.07, 6.45) is 5.46. The predicted molar refractivity (Wildman–Crippen MR) is 99.1 cm³/mol. The summed E-state index contributed by atoms with van der Waals surface area (Å²) in [6, 6.07) is 10.1. The van der Waals surface area contributed by atoms with Crippen molar-refractivity contribution in [3.63, 3.8) is 0 Å². The molecule has 146 valence electrons. The van der Waals surface area contributed by atoms with E-state index in [2.05, 4.69) is 21.9 Å². The molecule has 0 spiro atoms. The quantitative estimate of drug-likeness (QED) is 0.745. The van der Waals surface area contributed by atoms with Crippen molar-refractivity contribution in [1.29, 1.82) is 5.26 Å². The van der Waals surface area contributed by atoms with Gasteiger partial charge in [0.05, 0.1) is 12.6 Å². The monoisotopic (exact) mass is 386 g/mol. The number of hydrogen-bond donors (Lipinski definition) is 1. The zero-order chi connectivity index (χ0) is 20.6. The second-order valence-electron chi connectivity index (χ2n) is 6.17. The van der Waals surface area contributed by atoms with Crippen molar-refractivity contribution in [2.24, 2.45) is 0 Å². The summed E-state index contributed by atoms with van der Waals surface area (Å²) < 4.78 is 32.4. The van der Waals surface area contributed by atoms with Crippen LogP contribution in [-0.2, 0) is 5.92 Å². The zero-order valence-electron chi connectivity index (χ0n) is 15.4. The maximum absolute atomic E-state index is 13.5. The van der Waals surface area contributed by atoms with Gasteiger partial charge in [-0.25, -0.2) is 4.98 Å². The summed E-state index contributed by atoms with van der Waals surface area (Å²) in [7, 11) is 0. The molecule has 0 radical (unpaired) electrons. The van der Waals surface area contributed by atoms with Gasteiger partial charge in [0.2, 0.25) is 11.7 Å². The Hall–Kier alpha value is -3.34. The zero-order valence-corrected chi connectivity index (χ0v) is 15.4. The Labute approximate surface area is 161 Å². The highest BCUT2D eigenvalue weighted by molar-refractivity contribution is 5.96. The lowest BCUT2D eigenvalue weighted by Crippen LogP contribution is -2.26. The van der Waals surface area contributed by atoms with Crippen LogP contribution in [0.1, 0.15) is 42.4 Å². The van der Waals surface area contributed by atoms with Crippen LogP contribution in [0.4, 0.5) is 8.78 Å². The molecule has 1 aliphatic carbocycles. The molecule has 1 aliphatic rings. The Kier molecular flexibility index (Phi) is 7.15. The third-order valence-electron chi connectivity index (χ3n) is 3.32. The average molecular weight is 386 g/mol. The lowest BCUT2D eigenvalue weighted by Gasteiger charge is -2.14. The molecule has 1 fully saturated rings. The van der Waals surface area contributed by atoms with E-state index < -0.39 is 17.7 Å². The van der Waals surface area contributed by atoms with Gasteiger partial charge in [0, 0.05) is 18.7 Å². The van der Waals surface area contributed by atoms with Gasteiger partial charge in [0.15, 0.2) is 0 Å². The smallest absolute Gasteiger partial charge is 0.303 e. The molecule has 1 amide bonds. The number of nitrogens with one attached hydrogen (secondary N) is 1. The number of benzene rings is 1. The molecule has 1 saturated carbocycles. The van der Waals surface area contributed by atoms with Crippen molar-refractivity contribution in [2.75, 3.05) is 6.54 Å². The molecule has 28 heavy (non-hydrogen) atoms. The second-order valence-corrected chi connectivity index (χ2v) is 6.17. The van der Waals surface area contributed by atoms with Gasteiger partial charge in [0.25, 0.3) is 5.91 Å². The van der Waals surface area contributed by atoms with Gasteiger partial charge in [0.1, 0.15) is 11.3 Å². The maximum atomic E-state index is 13.5. The molecule has 0 aliphatic heterocycles. The summed E-state index contributed by atoms with van der Waals surface area (Å²) in [5, 5.41) is 11.1. The Morgan fingerprint density at radius 3 is 2.50 bits per heavy atom. The van der Waals surface area contributed by atoms with Gasteiger partial charge in [-0.3, -0.25) is 4.79 Å². The average Bonchev–Trinajstić information content (AvgIpc) is 3.55. The highest BCUT2D eigenvalue weighted by atomic mass is 19.3. The summed E-state index contributed by atoms with van der Waals surface area (Å²) in [4.78, 5) is 19.4. The van der Waals surface area contributed by atoms with E-state index in [0.29, 0.717) is 12.7 Å². The largest absolute Gasteiger partial charge is 0.438 e. The van der Waals surface area contributed by atoms with Gasteiger partial charge < -0.3 is 10.1 Å². The molecule has 1 heterocycles. The topological polar surface area (TPSA) is 87.9 Å². The third kappa shape index (κ3) is 6.76. The van der Waals surface area contributed by atoms with Crippen LogP contribution < -0.4 is 10.1 Å². The number of hydrogen-bond acceptors (Lipinski definition) is 5. The van der Waals surface area contributed by atoms with Crippen LogP contribution in [0.15, 0.2) is 48.7 Å². The molecule has 2 aromatic rings. The van der Waals surface area contributed by atoms with Crippen LogP contribution in [0.2, 0.25) is 0 Å². The maximum Gasteiger partial charge on any atom is 0.303 e. The lowest BCUT2D eigenvalue weighted by molar-refractivity contribution is 0.00708. The Balaban J connectivity index is 0.000000849. The number of aromatic nitrogens is 2. The number of carbonyl (C=O) groups is 1. The molecule has 1 aromatic carbocycles. The number of nitrogens with zero attached hydrogens (tertiary/aromatic N) is 3. The van der Waals surface area contributed by atoms with Crippen molar-refractivity contribution in [3.8, 4) is 17.7 Å². The number of alkyl halides is 2. The summed E-state index contributed by atoms with van der Waals surface area (Å²) >= 11 is 0. The number of halogens is 2. The minimum atomic E-state index is -3.29. The van der Waals surface area contributed by atoms with Crippen LogP contribution in [0.5, 0.6) is 11.6 Å². The molecule has 3 rings (SSSR count). The van der Waals surface area contributed by atoms with Crippen molar-refractivity contribution in [3.05, 3.63) is 60.1 Å². The second kappa shape index (κ2) is 9.55. The molecule has 0 atom stereocenters. The number of para-hydroxylation sites is 1. The van der Waals surface area contributed by atoms with E-state index in [1.807, 2.05) is 0 Å². The highest BCUT2D eigenvalue weighted by Crippen LogP contribution is 2.28. The Morgan fingerprint density at radius 2 is 1.96 bits per heavy atom. The van der Waals surface area contributed by atoms with Gasteiger partial charge in [-0.15, -0.1) is 0 Å². The van der Waals surface area contributed by atoms with E-state index in [4.69, 9.17) is 10.00 Å². The summed E-state index contributed by atoms with van der Waals surface area (Å²) in [6.45, 7) is 3.99. The highest BCUT2D eigenvalue weighted by Gasteiger charge is 2.30. The number of ether oxygens (including phenoxy) is 1. The third-order valence-corrected chi connectivity index (χ3v) is 3.32.